The number of sulfonamides is 1. The summed E-state index contributed by atoms with van der Waals surface area (Å²) in [6.45, 7) is -0.0356. The van der Waals surface area contributed by atoms with E-state index in [0.717, 1.165) is 11.1 Å². The number of carbonyl (C=O) groups is 1. The molecule has 1 aromatic heterocycles. The van der Waals surface area contributed by atoms with Gasteiger partial charge in [0.05, 0.1) is 19.1 Å². The molecular formula is C8H15N5O4S. The highest BCUT2D eigenvalue weighted by Gasteiger charge is 2.12. The molecule has 1 aromatic rings. The van der Waals surface area contributed by atoms with E-state index in [9.17, 15) is 13.2 Å². The van der Waals surface area contributed by atoms with Crippen LogP contribution in [0.25, 0.3) is 0 Å². The number of aliphatic hydroxyl groups excluding tert-OH is 1. The van der Waals surface area contributed by atoms with Gasteiger partial charge in [0.2, 0.25) is 15.9 Å². The van der Waals surface area contributed by atoms with Crippen LogP contribution in [0.5, 0.6) is 0 Å². The number of likely N-dealkylation sites (N-methyl/N-ethyl adjacent to an activating group) is 1. The molecule has 1 amide bonds. The lowest BCUT2D eigenvalue weighted by molar-refractivity contribution is -0.131. The van der Waals surface area contributed by atoms with E-state index >= 15 is 0 Å². The standard InChI is InChI=1S/C8H15N5O4S/c1-12(3-4-14)8(15)6-13-9-5-7(10-13)11-18(2,16)17/h5,14H,3-4,6H2,1-2H3,(H,10,11). The van der Waals surface area contributed by atoms with Crippen LogP contribution in [-0.2, 0) is 21.4 Å². The summed E-state index contributed by atoms with van der Waals surface area (Å²) in [6.07, 6.45) is 2.20. The van der Waals surface area contributed by atoms with Gasteiger partial charge in [-0.3, -0.25) is 9.52 Å². The van der Waals surface area contributed by atoms with Crippen molar-refractivity contribution in [1.29, 1.82) is 0 Å². The molecule has 102 valence electrons. The Hall–Kier alpha value is -1.68. The van der Waals surface area contributed by atoms with Gasteiger partial charge in [-0.25, -0.2) is 8.42 Å². The van der Waals surface area contributed by atoms with Crippen LogP contribution in [-0.4, -0.2) is 65.8 Å². The fourth-order valence-electron chi connectivity index (χ4n) is 1.13. The number of carbonyl (C=O) groups excluding carboxylic acids is 1. The Morgan fingerprint density at radius 2 is 2.28 bits per heavy atom. The molecule has 9 nitrogen and oxygen atoms in total. The summed E-state index contributed by atoms with van der Waals surface area (Å²) in [5.41, 5.74) is 0. The van der Waals surface area contributed by atoms with E-state index < -0.39 is 10.0 Å². The minimum Gasteiger partial charge on any atom is -0.395 e. The van der Waals surface area contributed by atoms with Gasteiger partial charge in [-0.15, -0.1) is 5.10 Å². The molecule has 1 heterocycles. The third-order valence-corrected chi connectivity index (χ3v) is 2.54. The van der Waals surface area contributed by atoms with Crippen molar-refractivity contribution in [3.05, 3.63) is 6.20 Å². The van der Waals surface area contributed by atoms with Crippen molar-refractivity contribution in [2.24, 2.45) is 0 Å². The first-order valence-electron chi connectivity index (χ1n) is 5.04. The molecule has 0 atom stereocenters. The first-order chi connectivity index (χ1) is 8.31. The zero-order valence-corrected chi connectivity index (χ0v) is 10.9. The van der Waals surface area contributed by atoms with Crippen LogP contribution in [0, 0.1) is 0 Å². The maximum absolute atomic E-state index is 11.6. The number of nitrogens with zero attached hydrogens (tertiary/aromatic N) is 4. The molecule has 0 fully saturated rings. The van der Waals surface area contributed by atoms with E-state index in [1.807, 2.05) is 0 Å². The van der Waals surface area contributed by atoms with Crippen molar-refractivity contribution in [1.82, 2.24) is 19.9 Å². The number of aromatic nitrogens is 3. The number of nitrogens with one attached hydrogen (secondary N) is 1. The van der Waals surface area contributed by atoms with Crippen LogP contribution in [0.3, 0.4) is 0 Å². The molecule has 0 saturated carbocycles. The molecule has 0 spiro atoms. The summed E-state index contributed by atoms with van der Waals surface area (Å²) in [4.78, 5) is 14.0. The molecule has 0 aliphatic rings. The molecule has 0 radical (unpaired) electrons. The molecule has 0 unspecified atom stereocenters. The zero-order valence-electron chi connectivity index (χ0n) is 10.1. The van der Waals surface area contributed by atoms with Crippen molar-refractivity contribution in [3.63, 3.8) is 0 Å². The fourth-order valence-corrected chi connectivity index (χ4v) is 1.60. The summed E-state index contributed by atoms with van der Waals surface area (Å²) in [7, 11) is -1.87. The number of aliphatic hydroxyl groups is 1. The van der Waals surface area contributed by atoms with Crippen LogP contribution < -0.4 is 4.72 Å². The van der Waals surface area contributed by atoms with E-state index in [0.29, 0.717) is 0 Å². The summed E-state index contributed by atoms with van der Waals surface area (Å²) in [5, 5.41) is 16.2. The molecule has 0 aliphatic heterocycles. The second-order valence-corrected chi connectivity index (χ2v) is 5.42. The predicted octanol–water partition coefficient (Wildman–Crippen LogP) is -1.90. The molecular weight excluding hydrogens is 262 g/mol. The van der Waals surface area contributed by atoms with Gasteiger partial charge in [-0.1, -0.05) is 0 Å². The Balaban J connectivity index is 2.62. The van der Waals surface area contributed by atoms with Crippen LogP contribution >= 0.6 is 0 Å². The van der Waals surface area contributed by atoms with Crippen molar-refractivity contribution < 1.29 is 18.3 Å². The van der Waals surface area contributed by atoms with E-state index in [-0.39, 0.29) is 31.4 Å². The second-order valence-electron chi connectivity index (χ2n) is 3.67. The molecule has 2 N–H and O–H groups in total. The SMILES string of the molecule is CN(CCO)C(=O)Cn1ncc(NS(C)(=O)=O)n1. The normalized spacial score (nSPS) is 11.3. The molecule has 18 heavy (non-hydrogen) atoms. The highest BCUT2D eigenvalue weighted by Crippen LogP contribution is 2.01. The Morgan fingerprint density at radius 3 is 2.83 bits per heavy atom. The van der Waals surface area contributed by atoms with Crippen LogP contribution in [0.15, 0.2) is 6.20 Å². The van der Waals surface area contributed by atoms with Gasteiger partial charge in [0.15, 0.2) is 5.82 Å². The lowest BCUT2D eigenvalue weighted by atomic mass is 10.5. The predicted molar refractivity (Wildman–Crippen MR) is 63.2 cm³/mol. The largest absolute Gasteiger partial charge is 0.395 e. The highest BCUT2D eigenvalue weighted by atomic mass is 32.2. The first kappa shape index (κ1) is 14.4. The third-order valence-electron chi connectivity index (χ3n) is 1.96. The summed E-state index contributed by atoms with van der Waals surface area (Å²) in [5.74, 6) is -0.235. The molecule has 1 rings (SSSR count). The minimum absolute atomic E-state index is 0.0510. The van der Waals surface area contributed by atoms with Gasteiger partial charge in [0.25, 0.3) is 0 Å². The van der Waals surface area contributed by atoms with E-state index in [1.165, 1.54) is 18.1 Å². The van der Waals surface area contributed by atoms with Gasteiger partial charge in [0.1, 0.15) is 6.54 Å². The summed E-state index contributed by atoms with van der Waals surface area (Å²) in [6, 6.07) is 0. The van der Waals surface area contributed by atoms with Gasteiger partial charge in [-0.05, 0) is 0 Å². The van der Waals surface area contributed by atoms with Crippen molar-refractivity contribution in [2.45, 2.75) is 6.54 Å². The summed E-state index contributed by atoms with van der Waals surface area (Å²) < 4.78 is 24.0. The lowest BCUT2D eigenvalue weighted by Gasteiger charge is -2.14. The first-order valence-corrected chi connectivity index (χ1v) is 6.93. The Morgan fingerprint density at radius 1 is 1.61 bits per heavy atom. The molecule has 0 aliphatic carbocycles. The van der Waals surface area contributed by atoms with Crippen molar-refractivity contribution in [2.75, 3.05) is 31.2 Å². The molecule has 0 saturated heterocycles. The average Bonchev–Trinajstić information content (AvgIpc) is 2.63. The monoisotopic (exact) mass is 277 g/mol. The second kappa shape index (κ2) is 5.78. The topological polar surface area (TPSA) is 117 Å². The van der Waals surface area contributed by atoms with Gasteiger partial charge in [-0.2, -0.15) is 9.90 Å². The van der Waals surface area contributed by atoms with Gasteiger partial charge >= 0.3 is 0 Å². The molecule has 10 heteroatoms. The maximum Gasteiger partial charge on any atom is 0.246 e. The minimum atomic E-state index is -3.41. The van der Waals surface area contributed by atoms with Crippen molar-refractivity contribution in [3.8, 4) is 0 Å². The number of hydrogen-bond donors (Lipinski definition) is 2. The van der Waals surface area contributed by atoms with E-state index in [2.05, 4.69) is 14.9 Å². The Kier molecular flexibility index (Phi) is 4.62. The average molecular weight is 277 g/mol. The molecule has 0 aromatic carbocycles. The number of amides is 1. The Labute approximate surface area is 104 Å². The number of rotatable bonds is 6. The Bertz CT molecular complexity index is 511. The number of anilines is 1. The van der Waals surface area contributed by atoms with Gasteiger partial charge in [0, 0.05) is 13.6 Å². The smallest absolute Gasteiger partial charge is 0.246 e. The van der Waals surface area contributed by atoms with Crippen molar-refractivity contribution >= 4 is 21.7 Å². The van der Waals surface area contributed by atoms with E-state index in [4.69, 9.17) is 5.11 Å². The lowest BCUT2D eigenvalue weighted by Crippen LogP contribution is -2.33. The molecule has 0 bridgehead atoms. The number of hydrogen-bond acceptors (Lipinski definition) is 6. The van der Waals surface area contributed by atoms with E-state index in [1.54, 1.807) is 0 Å². The highest BCUT2D eigenvalue weighted by molar-refractivity contribution is 7.92. The zero-order chi connectivity index (χ0) is 13.8. The van der Waals surface area contributed by atoms with Crippen LogP contribution in [0.1, 0.15) is 0 Å². The van der Waals surface area contributed by atoms with Crippen LogP contribution in [0.4, 0.5) is 5.82 Å². The summed E-state index contributed by atoms with van der Waals surface area (Å²) >= 11 is 0. The maximum atomic E-state index is 11.6. The van der Waals surface area contributed by atoms with Gasteiger partial charge < -0.3 is 10.0 Å². The van der Waals surface area contributed by atoms with Crippen LogP contribution in [0.2, 0.25) is 0 Å². The third kappa shape index (κ3) is 4.67. The quantitative estimate of drug-likeness (QED) is 0.627. The fraction of sp³-hybridized carbons (Fsp3) is 0.625.